The van der Waals surface area contributed by atoms with Gasteiger partial charge in [0.1, 0.15) is 5.75 Å². The van der Waals surface area contributed by atoms with Gasteiger partial charge in [-0.15, -0.1) is 11.8 Å². The van der Waals surface area contributed by atoms with Crippen molar-refractivity contribution in [3.63, 3.8) is 0 Å². The van der Waals surface area contributed by atoms with Crippen molar-refractivity contribution >= 4 is 27.7 Å². The summed E-state index contributed by atoms with van der Waals surface area (Å²) in [6.07, 6.45) is 0.966. The average Bonchev–Trinajstić information content (AvgIpc) is 2.54. The molecule has 0 heterocycles. The lowest BCUT2D eigenvalue weighted by Crippen LogP contribution is -2.30. The van der Waals surface area contributed by atoms with Crippen LogP contribution in [0.4, 0.5) is 0 Å². The number of hydrogen-bond acceptors (Lipinski definition) is 3. The predicted octanol–water partition coefficient (Wildman–Crippen LogP) is 4.38. The number of nitrogens with one attached hydrogen (secondary N) is 1. The fourth-order valence-electron chi connectivity index (χ4n) is 2.06. The number of methoxy groups -OCH3 is 1. The molecule has 0 aliphatic carbocycles. The van der Waals surface area contributed by atoms with E-state index in [1.54, 1.807) is 7.11 Å². The van der Waals surface area contributed by atoms with Gasteiger partial charge in [0.25, 0.3) is 0 Å². The van der Waals surface area contributed by atoms with Crippen LogP contribution in [0.5, 0.6) is 5.75 Å². The lowest BCUT2D eigenvalue weighted by atomic mass is 10.1. The molecular weight excluding hydrogens is 346 g/mol. The monoisotopic (exact) mass is 365 g/mol. The van der Waals surface area contributed by atoms with Gasteiger partial charge in [-0.2, -0.15) is 0 Å². The third-order valence-electron chi connectivity index (χ3n) is 3.32. The van der Waals surface area contributed by atoms with Crippen molar-refractivity contribution in [2.45, 2.75) is 17.4 Å². The SMILES string of the molecule is CNC(CSc1ccccc1)Cc1cc(OC)ccc1Br. The molecule has 0 aliphatic rings. The number of halogens is 1. The third-order valence-corrected chi connectivity index (χ3v) is 5.27. The zero-order chi connectivity index (χ0) is 15.1. The molecule has 0 saturated carbocycles. The Morgan fingerprint density at radius 1 is 1.19 bits per heavy atom. The summed E-state index contributed by atoms with van der Waals surface area (Å²) in [7, 11) is 3.72. The summed E-state index contributed by atoms with van der Waals surface area (Å²) in [5.74, 6) is 1.93. The molecule has 0 aromatic heterocycles. The van der Waals surface area contributed by atoms with E-state index in [2.05, 4.69) is 51.6 Å². The molecule has 0 fully saturated rings. The summed E-state index contributed by atoms with van der Waals surface area (Å²) in [5, 5.41) is 3.40. The van der Waals surface area contributed by atoms with Crippen molar-refractivity contribution in [2.75, 3.05) is 19.9 Å². The highest BCUT2D eigenvalue weighted by Crippen LogP contribution is 2.25. The second-order valence-corrected chi connectivity index (χ2v) is 6.72. The number of hydrogen-bond donors (Lipinski definition) is 1. The molecule has 0 spiro atoms. The van der Waals surface area contributed by atoms with Crippen molar-refractivity contribution in [3.8, 4) is 5.75 Å². The quantitative estimate of drug-likeness (QED) is 0.735. The van der Waals surface area contributed by atoms with Crippen LogP contribution in [0, 0.1) is 0 Å². The third kappa shape index (κ3) is 5.06. The molecule has 1 unspecified atom stereocenters. The van der Waals surface area contributed by atoms with Crippen LogP contribution in [-0.4, -0.2) is 26.0 Å². The largest absolute Gasteiger partial charge is 0.497 e. The van der Waals surface area contributed by atoms with Crippen molar-refractivity contribution in [3.05, 3.63) is 58.6 Å². The van der Waals surface area contributed by atoms with E-state index in [1.807, 2.05) is 37.0 Å². The van der Waals surface area contributed by atoms with Gasteiger partial charge < -0.3 is 10.1 Å². The second kappa shape index (κ2) is 8.47. The summed E-state index contributed by atoms with van der Waals surface area (Å²) in [6.45, 7) is 0. The Hall–Kier alpha value is -0.970. The summed E-state index contributed by atoms with van der Waals surface area (Å²) >= 11 is 5.50. The molecule has 0 radical (unpaired) electrons. The zero-order valence-electron chi connectivity index (χ0n) is 12.3. The molecule has 2 aromatic carbocycles. The van der Waals surface area contributed by atoms with E-state index < -0.39 is 0 Å². The number of ether oxygens (including phenoxy) is 1. The molecule has 0 saturated heterocycles. The van der Waals surface area contributed by atoms with Crippen LogP contribution in [-0.2, 0) is 6.42 Å². The van der Waals surface area contributed by atoms with Gasteiger partial charge in [-0.3, -0.25) is 0 Å². The molecule has 0 aliphatic heterocycles. The Balaban J connectivity index is 1.99. The van der Waals surface area contributed by atoms with Crippen molar-refractivity contribution in [2.24, 2.45) is 0 Å². The van der Waals surface area contributed by atoms with Crippen LogP contribution in [0.25, 0.3) is 0 Å². The maximum absolute atomic E-state index is 5.31. The van der Waals surface area contributed by atoms with Gasteiger partial charge >= 0.3 is 0 Å². The maximum atomic E-state index is 5.31. The second-order valence-electron chi connectivity index (χ2n) is 4.77. The van der Waals surface area contributed by atoms with E-state index in [0.29, 0.717) is 6.04 Å². The fourth-order valence-corrected chi connectivity index (χ4v) is 3.49. The lowest BCUT2D eigenvalue weighted by Gasteiger charge is -2.17. The average molecular weight is 366 g/mol. The minimum absolute atomic E-state index is 0.415. The Morgan fingerprint density at radius 3 is 2.62 bits per heavy atom. The van der Waals surface area contributed by atoms with Crippen LogP contribution in [0.15, 0.2) is 57.9 Å². The van der Waals surface area contributed by atoms with Crippen LogP contribution in [0.2, 0.25) is 0 Å². The van der Waals surface area contributed by atoms with Gasteiger partial charge in [-0.05, 0) is 49.4 Å². The van der Waals surface area contributed by atoms with E-state index in [0.717, 1.165) is 22.4 Å². The van der Waals surface area contributed by atoms with E-state index in [-0.39, 0.29) is 0 Å². The van der Waals surface area contributed by atoms with Gasteiger partial charge in [0.15, 0.2) is 0 Å². The first-order chi connectivity index (χ1) is 10.2. The minimum atomic E-state index is 0.415. The van der Waals surface area contributed by atoms with Crippen LogP contribution >= 0.6 is 27.7 Å². The highest BCUT2D eigenvalue weighted by atomic mass is 79.9. The standard InChI is InChI=1S/C17H20BrNOS/c1-19-14(12-21-16-6-4-3-5-7-16)10-13-11-15(20-2)8-9-17(13)18/h3-9,11,14,19H,10,12H2,1-2H3. The predicted molar refractivity (Wildman–Crippen MR) is 94.4 cm³/mol. The molecule has 4 heteroatoms. The van der Waals surface area contributed by atoms with Gasteiger partial charge in [-0.25, -0.2) is 0 Å². The molecular formula is C17H20BrNOS. The molecule has 1 N–H and O–H groups in total. The Kier molecular flexibility index (Phi) is 6.61. The molecule has 0 bridgehead atoms. The molecule has 2 nitrogen and oxygen atoms in total. The summed E-state index contributed by atoms with van der Waals surface area (Å²) in [6, 6.07) is 17.0. The van der Waals surface area contributed by atoms with E-state index in [4.69, 9.17) is 4.74 Å². The molecule has 1 atom stereocenters. The zero-order valence-corrected chi connectivity index (χ0v) is 14.7. The van der Waals surface area contributed by atoms with E-state index >= 15 is 0 Å². The smallest absolute Gasteiger partial charge is 0.119 e. The topological polar surface area (TPSA) is 21.3 Å². The van der Waals surface area contributed by atoms with Gasteiger partial charge in [0.05, 0.1) is 7.11 Å². The summed E-state index contributed by atoms with van der Waals surface area (Å²) in [4.78, 5) is 1.31. The van der Waals surface area contributed by atoms with Crippen molar-refractivity contribution in [1.29, 1.82) is 0 Å². The van der Waals surface area contributed by atoms with E-state index in [9.17, 15) is 0 Å². The van der Waals surface area contributed by atoms with Crippen LogP contribution in [0.3, 0.4) is 0 Å². The molecule has 21 heavy (non-hydrogen) atoms. The normalized spacial score (nSPS) is 12.1. The Morgan fingerprint density at radius 2 is 1.95 bits per heavy atom. The van der Waals surface area contributed by atoms with Crippen molar-refractivity contribution < 1.29 is 4.74 Å². The molecule has 2 aromatic rings. The van der Waals surface area contributed by atoms with Crippen LogP contribution in [0.1, 0.15) is 5.56 Å². The van der Waals surface area contributed by atoms with Gasteiger partial charge in [0.2, 0.25) is 0 Å². The number of thioether (sulfide) groups is 1. The molecule has 112 valence electrons. The maximum Gasteiger partial charge on any atom is 0.119 e. The summed E-state index contributed by atoms with van der Waals surface area (Å²) < 4.78 is 6.44. The summed E-state index contributed by atoms with van der Waals surface area (Å²) in [5.41, 5.74) is 1.27. The Bertz CT molecular complexity index is 562. The molecule has 0 amide bonds. The van der Waals surface area contributed by atoms with Crippen molar-refractivity contribution in [1.82, 2.24) is 5.32 Å². The first-order valence-electron chi connectivity index (χ1n) is 6.90. The highest BCUT2D eigenvalue weighted by Gasteiger charge is 2.11. The highest BCUT2D eigenvalue weighted by molar-refractivity contribution is 9.10. The minimum Gasteiger partial charge on any atom is -0.497 e. The van der Waals surface area contributed by atoms with Gasteiger partial charge in [0, 0.05) is 21.2 Å². The fraction of sp³-hybridized carbons (Fsp3) is 0.294. The molecule has 2 rings (SSSR count). The first-order valence-corrected chi connectivity index (χ1v) is 8.68. The first kappa shape index (κ1) is 16.4. The number of benzene rings is 2. The van der Waals surface area contributed by atoms with E-state index in [1.165, 1.54) is 10.5 Å². The van der Waals surface area contributed by atoms with Gasteiger partial charge in [-0.1, -0.05) is 34.1 Å². The number of rotatable bonds is 7. The lowest BCUT2D eigenvalue weighted by molar-refractivity contribution is 0.414. The Labute approximate surface area is 139 Å². The number of likely N-dealkylation sites (N-methyl/N-ethyl adjacent to an activating group) is 1. The van der Waals surface area contributed by atoms with Crippen LogP contribution < -0.4 is 10.1 Å².